The molecule has 1 aliphatic heterocycles. The van der Waals surface area contributed by atoms with E-state index in [0.717, 1.165) is 44.0 Å². The molecule has 23 heavy (non-hydrogen) atoms. The van der Waals surface area contributed by atoms with Crippen LogP contribution in [0.2, 0.25) is 0 Å². The third-order valence-electron chi connectivity index (χ3n) is 5.06. The fourth-order valence-corrected chi connectivity index (χ4v) is 3.77. The van der Waals surface area contributed by atoms with Crippen molar-refractivity contribution in [2.45, 2.75) is 51.0 Å². The van der Waals surface area contributed by atoms with Gasteiger partial charge in [0.1, 0.15) is 5.82 Å². The Labute approximate surface area is 138 Å². The summed E-state index contributed by atoms with van der Waals surface area (Å²) in [7, 11) is 1.40. The Morgan fingerprint density at radius 1 is 1.26 bits per heavy atom. The molecule has 0 radical (unpaired) electrons. The average Bonchev–Trinajstić information content (AvgIpc) is 2.79. The first-order chi connectivity index (χ1) is 11.1. The van der Waals surface area contributed by atoms with E-state index in [1.807, 2.05) is 19.1 Å². The van der Waals surface area contributed by atoms with Crippen molar-refractivity contribution < 1.29 is 14.3 Å². The van der Waals surface area contributed by atoms with Crippen LogP contribution in [-0.2, 0) is 9.47 Å². The van der Waals surface area contributed by atoms with Crippen LogP contribution in [0.15, 0.2) is 12.1 Å². The predicted octanol–water partition coefficient (Wildman–Crippen LogP) is 3.11. The first kappa shape index (κ1) is 16.2. The molecule has 1 saturated heterocycles. The minimum atomic E-state index is -0.330. The highest BCUT2D eigenvalue weighted by Gasteiger charge is 2.37. The zero-order chi connectivity index (χ0) is 16.3. The van der Waals surface area contributed by atoms with Gasteiger partial charge in [-0.2, -0.15) is 0 Å². The lowest BCUT2D eigenvalue weighted by atomic mass is 9.92. The summed E-state index contributed by atoms with van der Waals surface area (Å²) in [5, 5.41) is 0. The number of hydrogen-bond donors (Lipinski definition) is 0. The minimum absolute atomic E-state index is 0.00858. The van der Waals surface area contributed by atoms with Crippen LogP contribution in [-0.4, -0.2) is 43.4 Å². The van der Waals surface area contributed by atoms with Crippen molar-refractivity contribution in [1.29, 1.82) is 0 Å². The van der Waals surface area contributed by atoms with Crippen molar-refractivity contribution >= 4 is 11.8 Å². The first-order valence-corrected chi connectivity index (χ1v) is 8.58. The molecule has 1 aromatic rings. The van der Waals surface area contributed by atoms with Gasteiger partial charge in [-0.15, -0.1) is 0 Å². The van der Waals surface area contributed by atoms with E-state index in [-0.39, 0.29) is 11.6 Å². The zero-order valence-electron chi connectivity index (χ0n) is 14.1. The van der Waals surface area contributed by atoms with Crippen LogP contribution in [0, 0.1) is 6.92 Å². The van der Waals surface area contributed by atoms with Crippen molar-refractivity contribution in [2.75, 3.05) is 31.7 Å². The second-order valence-corrected chi connectivity index (χ2v) is 6.66. The monoisotopic (exact) mass is 318 g/mol. The van der Waals surface area contributed by atoms with Crippen molar-refractivity contribution in [3.05, 3.63) is 23.4 Å². The number of carbonyl (C=O) groups excluding carboxylic acids is 1. The van der Waals surface area contributed by atoms with Gasteiger partial charge in [0.15, 0.2) is 0 Å². The molecular weight excluding hydrogens is 292 g/mol. The molecule has 1 aliphatic carbocycles. The second-order valence-electron chi connectivity index (χ2n) is 6.66. The molecule has 1 saturated carbocycles. The van der Waals surface area contributed by atoms with Gasteiger partial charge in [0.25, 0.3) is 0 Å². The summed E-state index contributed by atoms with van der Waals surface area (Å²) in [4.78, 5) is 18.7. The first-order valence-electron chi connectivity index (χ1n) is 8.58. The SMILES string of the molecule is COC(=O)c1ccc(N2CCOC3(CCCCCC3)C2)nc1C. The second kappa shape index (κ2) is 6.87. The number of aromatic nitrogens is 1. The van der Waals surface area contributed by atoms with Crippen LogP contribution >= 0.6 is 0 Å². The summed E-state index contributed by atoms with van der Waals surface area (Å²) >= 11 is 0. The lowest BCUT2D eigenvalue weighted by Crippen LogP contribution is -2.52. The molecule has 5 heteroatoms. The van der Waals surface area contributed by atoms with E-state index >= 15 is 0 Å². The Bertz CT molecular complexity index is 565. The molecule has 0 atom stereocenters. The van der Waals surface area contributed by atoms with Crippen LogP contribution in [0.25, 0.3) is 0 Å². The molecule has 3 rings (SSSR count). The largest absolute Gasteiger partial charge is 0.465 e. The lowest BCUT2D eigenvalue weighted by Gasteiger charge is -2.43. The normalized spacial score (nSPS) is 21.0. The summed E-state index contributed by atoms with van der Waals surface area (Å²) in [6.07, 6.45) is 7.42. The van der Waals surface area contributed by atoms with E-state index in [1.165, 1.54) is 32.8 Å². The van der Waals surface area contributed by atoms with Crippen LogP contribution in [0.3, 0.4) is 0 Å². The van der Waals surface area contributed by atoms with E-state index in [4.69, 9.17) is 9.47 Å². The highest BCUT2D eigenvalue weighted by molar-refractivity contribution is 5.90. The van der Waals surface area contributed by atoms with E-state index in [2.05, 4.69) is 9.88 Å². The van der Waals surface area contributed by atoms with E-state index in [9.17, 15) is 4.79 Å². The summed E-state index contributed by atoms with van der Waals surface area (Å²) in [6.45, 7) is 4.36. The Morgan fingerprint density at radius 2 is 2.00 bits per heavy atom. The number of nitrogens with zero attached hydrogens (tertiary/aromatic N) is 2. The van der Waals surface area contributed by atoms with Gasteiger partial charge in [-0.05, 0) is 31.9 Å². The number of ether oxygens (including phenoxy) is 2. The maximum absolute atomic E-state index is 11.7. The molecular formula is C18H26N2O3. The van der Waals surface area contributed by atoms with Gasteiger partial charge < -0.3 is 14.4 Å². The van der Waals surface area contributed by atoms with Crippen LogP contribution in [0.4, 0.5) is 5.82 Å². The van der Waals surface area contributed by atoms with Gasteiger partial charge in [-0.25, -0.2) is 9.78 Å². The van der Waals surface area contributed by atoms with Crippen LogP contribution in [0.1, 0.15) is 54.6 Å². The van der Waals surface area contributed by atoms with Crippen molar-refractivity contribution in [3.63, 3.8) is 0 Å². The molecule has 1 spiro atoms. The lowest BCUT2D eigenvalue weighted by molar-refractivity contribution is -0.0654. The van der Waals surface area contributed by atoms with Crippen LogP contribution < -0.4 is 4.90 Å². The van der Waals surface area contributed by atoms with Gasteiger partial charge >= 0.3 is 5.97 Å². The summed E-state index contributed by atoms with van der Waals surface area (Å²) in [6, 6.07) is 3.74. The van der Waals surface area contributed by atoms with Gasteiger partial charge in [0.2, 0.25) is 0 Å². The van der Waals surface area contributed by atoms with Crippen molar-refractivity contribution in [3.8, 4) is 0 Å². The maximum atomic E-state index is 11.7. The van der Waals surface area contributed by atoms with E-state index in [0.29, 0.717) is 5.56 Å². The quantitative estimate of drug-likeness (QED) is 0.784. The Morgan fingerprint density at radius 3 is 2.65 bits per heavy atom. The molecule has 2 aliphatic rings. The fraction of sp³-hybridized carbons (Fsp3) is 0.667. The van der Waals surface area contributed by atoms with E-state index < -0.39 is 0 Å². The maximum Gasteiger partial charge on any atom is 0.339 e. The zero-order valence-corrected chi connectivity index (χ0v) is 14.1. The number of anilines is 1. The molecule has 2 fully saturated rings. The number of methoxy groups -OCH3 is 1. The van der Waals surface area contributed by atoms with E-state index in [1.54, 1.807) is 0 Å². The van der Waals surface area contributed by atoms with Crippen molar-refractivity contribution in [1.82, 2.24) is 4.98 Å². The molecule has 0 aromatic carbocycles. The predicted molar refractivity (Wildman–Crippen MR) is 88.9 cm³/mol. The Kier molecular flexibility index (Phi) is 4.85. The van der Waals surface area contributed by atoms with Crippen molar-refractivity contribution in [2.24, 2.45) is 0 Å². The molecule has 5 nitrogen and oxygen atoms in total. The average molecular weight is 318 g/mol. The van der Waals surface area contributed by atoms with Crippen LogP contribution in [0.5, 0.6) is 0 Å². The van der Waals surface area contributed by atoms with Gasteiger partial charge in [-0.1, -0.05) is 25.7 Å². The Hall–Kier alpha value is -1.62. The molecule has 0 amide bonds. The third-order valence-corrected chi connectivity index (χ3v) is 5.06. The highest BCUT2D eigenvalue weighted by atomic mass is 16.5. The molecule has 0 unspecified atom stereocenters. The number of carbonyl (C=O) groups is 1. The standard InChI is InChI=1S/C18H26N2O3/c1-14-15(17(21)22-2)7-8-16(19-14)20-11-12-23-18(13-20)9-5-3-4-6-10-18/h7-8H,3-6,9-13H2,1-2H3. The molecule has 0 bridgehead atoms. The summed E-state index contributed by atoms with van der Waals surface area (Å²) in [5.41, 5.74) is 1.25. The number of esters is 1. The molecule has 2 heterocycles. The highest BCUT2D eigenvalue weighted by Crippen LogP contribution is 2.34. The number of pyridine rings is 1. The van der Waals surface area contributed by atoms with Gasteiger partial charge in [0, 0.05) is 13.1 Å². The number of aryl methyl sites for hydroxylation is 1. The smallest absolute Gasteiger partial charge is 0.339 e. The molecule has 126 valence electrons. The number of hydrogen-bond acceptors (Lipinski definition) is 5. The summed E-state index contributed by atoms with van der Waals surface area (Å²) in [5.74, 6) is 0.603. The third kappa shape index (κ3) is 3.50. The molecule has 1 aromatic heterocycles. The number of morpholine rings is 1. The van der Waals surface area contributed by atoms with Gasteiger partial charge in [-0.3, -0.25) is 0 Å². The summed E-state index contributed by atoms with van der Waals surface area (Å²) < 4.78 is 11.0. The topological polar surface area (TPSA) is 51.7 Å². The Balaban J connectivity index is 1.78. The fourth-order valence-electron chi connectivity index (χ4n) is 3.77. The van der Waals surface area contributed by atoms with Gasteiger partial charge in [0.05, 0.1) is 30.6 Å². The number of rotatable bonds is 2. The minimum Gasteiger partial charge on any atom is -0.465 e. The molecule has 0 N–H and O–H groups in total.